The van der Waals surface area contributed by atoms with Gasteiger partial charge in [-0.05, 0) is 6.92 Å². The molecule has 3 heteroatoms. The fourth-order valence-corrected chi connectivity index (χ4v) is 4.00. The molecule has 0 aromatic carbocycles. The molecule has 31 heavy (non-hydrogen) atoms. The largest absolute Gasteiger partial charge is 0.450 e. The van der Waals surface area contributed by atoms with Gasteiger partial charge in [-0.1, -0.05) is 162 Å². The maximum Gasteiger partial charge on any atom is 0.404 e. The number of unbranched alkanes of at least 4 members (excludes halogenated alkanes) is 22. The predicted octanol–water partition coefficient (Wildman–Crippen LogP) is 10.1. The van der Waals surface area contributed by atoms with Crippen molar-refractivity contribution in [3.05, 3.63) is 0 Å². The van der Waals surface area contributed by atoms with Gasteiger partial charge in [0.2, 0.25) is 0 Å². The van der Waals surface area contributed by atoms with E-state index in [1.807, 2.05) is 0 Å². The summed E-state index contributed by atoms with van der Waals surface area (Å²) in [4.78, 5) is 9.60. The zero-order valence-corrected chi connectivity index (χ0v) is 21.9. The van der Waals surface area contributed by atoms with Gasteiger partial charge >= 0.3 is 6.09 Å². The number of carbonyl (C=O) groups is 1. The van der Waals surface area contributed by atoms with E-state index in [0.717, 1.165) is 0 Å². The second-order valence-electron chi connectivity index (χ2n) is 9.18. The lowest BCUT2D eigenvalue weighted by atomic mass is 10.0. The lowest BCUT2D eigenvalue weighted by Gasteiger charge is -2.04. The molecule has 0 bridgehead atoms. The number of amides is 1. The summed E-state index contributed by atoms with van der Waals surface area (Å²) >= 11 is 0. The summed E-state index contributed by atoms with van der Waals surface area (Å²) in [5.74, 6) is 0. The molecule has 0 heterocycles. The molecule has 0 spiro atoms. The summed E-state index contributed by atoms with van der Waals surface area (Å²) < 4.78 is 4.18. The molecule has 3 nitrogen and oxygen atoms in total. The molecule has 0 unspecified atom stereocenters. The predicted molar refractivity (Wildman–Crippen MR) is 139 cm³/mol. The van der Waals surface area contributed by atoms with E-state index in [4.69, 9.17) is 0 Å². The topological polar surface area (TPSA) is 52.3 Å². The Morgan fingerprint density at radius 3 is 0.742 bits per heavy atom. The normalized spacial score (nSPS) is 10.5. The van der Waals surface area contributed by atoms with Gasteiger partial charge < -0.3 is 10.5 Å². The summed E-state index contributed by atoms with van der Waals surface area (Å²) in [6.07, 6.45) is 33.2. The zero-order valence-electron chi connectivity index (χ0n) is 21.9. The quantitative estimate of drug-likeness (QED) is 0.160. The molecule has 0 aromatic rings. The van der Waals surface area contributed by atoms with Gasteiger partial charge in [-0.3, -0.25) is 0 Å². The molecule has 2 N–H and O–H groups in total. The van der Waals surface area contributed by atoms with Crippen LogP contribution in [0.15, 0.2) is 0 Å². The summed E-state index contributed by atoms with van der Waals surface area (Å²) in [5, 5.41) is 0. The Hall–Kier alpha value is -0.730. The summed E-state index contributed by atoms with van der Waals surface area (Å²) in [6.45, 7) is 6.66. The number of hydrogen-bond donors (Lipinski definition) is 1. The Kier molecular flexibility index (Phi) is 32.9. The Bertz CT molecular complexity index is 298. The standard InChI is InChI=1S/C25H52.C3H7NO2/c1-3-5-7-9-11-13-15-17-19-21-23-25-24-22-20-18-16-14-12-10-8-6-4-2;1-2-6-3(4)5/h3-25H2,1-2H3;2H2,1H3,(H2,4,5). The summed E-state index contributed by atoms with van der Waals surface area (Å²) in [7, 11) is 0. The average molecular weight is 442 g/mol. The van der Waals surface area contributed by atoms with Crippen LogP contribution in [0.25, 0.3) is 0 Å². The lowest BCUT2D eigenvalue weighted by molar-refractivity contribution is 0.163. The Labute approximate surface area is 196 Å². The minimum Gasteiger partial charge on any atom is -0.450 e. The molecular weight excluding hydrogens is 382 g/mol. The maximum absolute atomic E-state index is 9.60. The molecule has 0 saturated carbocycles. The van der Waals surface area contributed by atoms with Crippen LogP contribution < -0.4 is 5.73 Å². The fraction of sp³-hybridized carbons (Fsp3) is 0.964. The van der Waals surface area contributed by atoms with Crippen LogP contribution in [-0.2, 0) is 4.74 Å². The van der Waals surface area contributed by atoms with Crippen LogP contribution >= 0.6 is 0 Å². The van der Waals surface area contributed by atoms with Crippen LogP contribution in [0.4, 0.5) is 4.79 Å². The van der Waals surface area contributed by atoms with E-state index in [0.29, 0.717) is 6.61 Å². The SMILES string of the molecule is CCCCCCCCCCCCCCCCCCCCCCCCC.CCOC(N)=O. The number of nitrogens with two attached hydrogens (primary N) is 1. The zero-order chi connectivity index (χ0) is 23.3. The molecule has 0 fully saturated rings. The van der Waals surface area contributed by atoms with Crippen LogP contribution in [0.1, 0.15) is 168 Å². The molecule has 0 aliphatic heterocycles. The molecule has 0 aromatic heterocycles. The third-order valence-corrected chi connectivity index (χ3v) is 5.99. The van der Waals surface area contributed by atoms with E-state index in [1.165, 1.54) is 148 Å². The number of primary amides is 1. The van der Waals surface area contributed by atoms with Gasteiger partial charge in [-0.25, -0.2) is 4.79 Å². The van der Waals surface area contributed by atoms with Gasteiger partial charge in [0.15, 0.2) is 0 Å². The van der Waals surface area contributed by atoms with Crippen molar-refractivity contribution in [2.45, 2.75) is 168 Å². The summed E-state index contributed by atoms with van der Waals surface area (Å²) in [5.41, 5.74) is 4.54. The van der Waals surface area contributed by atoms with Crippen molar-refractivity contribution in [1.82, 2.24) is 0 Å². The molecule has 0 aliphatic rings. The van der Waals surface area contributed by atoms with Gasteiger partial charge in [-0.15, -0.1) is 0 Å². The highest BCUT2D eigenvalue weighted by atomic mass is 16.5. The highest BCUT2D eigenvalue weighted by Crippen LogP contribution is 2.15. The highest BCUT2D eigenvalue weighted by molar-refractivity contribution is 5.64. The van der Waals surface area contributed by atoms with Crippen molar-refractivity contribution in [2.75, 3.05) is 6.61 Å². The van der Waals surface area contributed by atoms with Crippen molar-refractivity contribution in [2.24, 2.45) is 5.73 Å². The van der Waals surface area contributed by atoms with Crippen LogP contribution in [0.5, 0.6) is 0 Å². The third kappa shape index (κ3) is 37.0. The van der Waals surface area contributed by atoms with Crippen molar-refractivity contribution in [3.63, 3.8) is 0 Å². The van der Waals surface area contributed by atoms with E-state index in [1.54, 1.807) is 6.92 Å². The number of hydrogen-bond acceptors (Lipinski definition) is 2. The first kappa shape index (κ1) is 32.4. The molecular formula is C28H59NO2. The smallest absolute Gasteiger partial charge is 0.404 e. The fourth-order valence-electron chi connectivity index (χ4n) is 4.00. The number of rotatable bonds is 23. The van der Waals surface area contributed by atoms with E-state index in [2.05, 4.69) is 24.3 Å². The van der Waals surface area contributed by atoms with Crippen molar-refractivity contribution >= 4 is 6.09 Å². The second kappa shape index (κ2) is 31.5. The van der Waals surface area contributed by atoms with Gasteiger partial charge in [0.1, 0.15) is 0 Å². The van der Waals surface area contributed by atoms with Crippen LogP contribution in [-0.4, -0.2) is 12.7 Å². The number of carbonyl (C=O) groups excluding carboxylic acids is 1. The van der Waals surface area contributed by atoms with Gasteiger partial charge in [0.05, 0.1) is 6.61 Å². The van der Waals surface area contributed by atoms with E-state index < -0.39 is 6.09 Å². The Balaban J connectivity index is 0. The second-order valence-corrected chi connectivity index (χ2v) is 9.18. The monoisotopic (exact) mass is 441 g/mol. The van der Waals surface area contributed by atoms with Crippen molar-refractivity contribution in [1.29, 1.82) is 0 Å². The maximum atomic E-state index is 9.60. The first-order valence-corrected chi connectivity index (χ1v) is 14.1. The minimum atomic E-state index is -0.711. The van der Waals surface area contributed by atoms with Gasteiger partial charge in [-0.2, -0.15) is 0 Å². The Morgan fingerprint density at radius 1 is 0.452 bits per heavy atom. The van der Waals surface area contributed by atoms with Gasteiger partial charge in [0.25, 0.3) is 0 Å². The van der Waals surface area contributed by atoms with Gasteiger partial charge in [0, 0.05) is 0 Å². The van der Waals surface area contributed by atoms with Crippen molar-refractivity contribution < 1.29 is 9.53 Å². The first-order valence-electron chi connectivity index (χ1n) is 14.1. The summed E-state index contributed by atoms with van der Waals surface area (Å²) in [6, 6.07) is 0. The average Bonchev–Trinajstić information content (AvgIpc) is 2.75. The molecule has 188 valence electrons. The lowest BCUT2D eigenvalue weighted by Crippen LogP contribution is -2.11. The third-order valence-electron chi connectivity index (χ3n) is 5.99. The molecule has 1 amide bonds. The Morgan fingerprint density at radius 2 is 0.645 bits per heavy atom. The molecule has 0 rings (SSSR count). The van der Waals surface area contributed by atoms with Crippen LogP contribution in [0.3, 0.4) is 0 Å². The molecule has 0 radical (unpaired) electrons. The first-order chi connectivity index (χ1) is 15.2. The van der Waals surface area contributed by atoms with E-state index >= 15 is 0 Å². The number of ether oxygens (including phenoxy) is 1. The van der Waals surface area contributed by atoms with Crippen LogP contribution in [0.2, 0.25) is 0 Å². The molecule has 0 aliphatic carbocycles. The van der Waals surface area contributed by atoms with Crippen molar-refractivity contribution in [3.8, 4) is 0 Å². The molecule has 0 atom stereocenters. The van der Waals surface area contributed by atoms with E-state index in [9.17, 15) is 4.79 Å². The molecule has 0 saturated heterocycles. The highest BCUT2D eigenvalue weighted by Gasteiger charge is 1.95. The van der Waals surface area contributed by atoms with E-state index in [-0.39, 0.29) is 0 Å². The van der Waals surface area contributed by atoms with Crippen LogP contribution in [0, 0.1) is 0 Å². The minimum absolute atomic E-state index is 0.356.